The van der Waals surface area contributed by atoms with Crippen LogP contribution in [-0.2, 0) is 14.3 Å². The summed E-state index contributed by atoms with van der Waals surface area (Å²) in [6, 6.07) is 16.1. The molecule has 2 N–H and O–H groups in total. The molecule has 2 aliphatic carbocycles. The van der Waals surface area contributed by atoms with Gasteiger partial charge in [-0.25, -0.2) is 4.79 Å². The monoisotopic (exact) mass is 494 g/mol. The van der Waals surface area contributed by atoms with E-state index in [1.54, 1.807) is 16.7 Å². The van der Waals surface area contributed by atoms with Crippen LogP contribution in [-0.4, -0.2) is 64.7 Å². The van der Waals surface area contributed by atoms with Crippen LogP contribution in [0.15, 0.2) is 48.5 Å². The molecule has 1 saturated heterocycles. The molecular weight excluding hydrogens is 464 g/mol. The van der Waals surface area contributed by atoms with Gasteiger partial charge >= 0.3 is 12.1 Å². The van der Waals surface area contributed by atoms with E-state index in [9.17, 15) is 19.5 Å². The number of thioether (sulfide) groups is 1. The summed E-state index contributed by atoms with van der Waals surface area (Å²) in [4.78, 5) is 38.7. The molecule has 0 bridgehead atoms. The molecule has 35 heavy (non-hydrogen) atoms. The maximum Gasteiger partial charge on any atom is 0.407 e. The summed E-state index contributed by atoms with van der Waals surface area (Å²) in [5.41, 5.74) is 4.71. The van der Waals surface area contributed by atoms with Gasteiger partial charge in [0.1, 0.15) is 6.61 Å². The van der Waals surface area contributed by atoms with Crippen LogP contribution in [0.4, 0.5) is 4.79 Å². The van der Waals surface area contributed by atoms with Crippen LogP contribution in [0.25, 0.3) is 11.1 Å². The Morgan fingerprint density at radius 1 is 1.03 bits per heavy atom. The first-order chi connectivity index (χ1) is 17.0. The van der Waals surface area contributed by atoms with Crippen LogP contribution < -0.4 is 5.32 Å². The van der Waals surface area contributed by atoms with Gasteiger partial charge in [0.15, 0.2) is 0 Å². The smallest absolute Gasteiger partial charge is 0.407 e. The van der Waals surface area contributed by atoms with Gasteiger partial charge in [0.2, 0.25) is 5.91 Å². The zero-order valence-electron chi connectivity index (χ0n) is 19.5. The van der Waals surface area contributed by atoms with Crippen molar-refractivity contribution in [3.05, 3.63) is 59.7 Å². The Labute approximate surface area is 209 Å². The van der Waals surface area contributed by atoms with Crippen LogP contribution in [0.3, 0.4) is 0 Å². The molecule has 184 valence electrons. The van der Waals surface area contributed by atoms with Gasteiger partial charge in [-0.2, -0.15) is 11.8 Å². The number of alkyl carbamates (subject to hydrolysis) is 1. The van der Waals surface area contributed by atoms with Crippen molar-refractivity contribution in [1.29, 1.82) is 0 Å². The number of ether oxygens (including phenoxy) is 1. The van der Waals surface area contributed by atoms with E-state index in [1.165, 1.54) is 22.3 Å². The third-order valence-electron chi connectivity index (χ3n) is 7.37. The lowest BCUT2D eigenvalue weighted by Gasteiger charge is -2.36. The molecule has 7 nitrogen and oxygen atoms in total. The molecule has 3 atom stereocenters. The van der Waals surface area contributed by atoms with E-state index in [0.717, 1.165) is 5.75 Å². The molecule has 1 saturated carbocycles. The first kappa shape index (κ1) is 23.7. The van der Waals surface area contributed by atoms with Crippen molar-refractivity contribution in [1.82, 2.24) is 10.2 Å². The molecule has 0 spiro atoms. The second kappa shape index (κ2) is 10.3. The second-order valence-electron chi connectivity index (χ2n) is 9.54. The number of nitrogens with zero attached hydrogens (tertiary/aromatic N) is 1. The minimum absolute atomic E-state index is 0.00851. The minimum atomic E-state index is -0.878. The van der Waals surface area contributed by atoms with Gasteiger partial charge in [0, 0.05) is 35.9 Å². The molecule has 8 heteroatoms. The number of aliphatic carboxylic acids is 1. The summed E-state index contributed by atoms with van der Waals surface area (Å²) in [6.07, 6.45) is 1.49. The lowest BCUT2D eigenvalue weighted by Crippen LogP contribution is -2.49. The molecular formula is C27H30N2O5S. The number of fused-ring (bicyclic) bond motifs is 3. The van der Waals surface area contributed by atoms with E-state index in [1.807, 2.05) is 24.3 Å². The number of rotatable bonds is 6. The van der Waals surface area contributed by atoms with Crippen molar-refractivity contribution in [3.63, 3.8) is 0 Å². The van der Waals surface area contributed by atoms with Crippen molar-refractivity contribution in [2.75, 3.05) is 24.7 Å². The van der Waals surface area contributed by atoms with Crippen molar-refractivity contribution in [2.24, 2.45) is 5.92 Å². The van der Waals surface area contributed by atoms with Crippen LogP contribution in [0.2, 0.25) is 0 Å². The fourth-order valence-corrected chi connectivity index (χ4v) is 6.76. The zero-order valence-corrected chi connectivity index (χ0v) is 20.3. The Balaban J connectivity index is 1.15. The SMILES string of the molecule is O=C(O)CC1CSCCN1C(=O)[C@H]1CC[C@@H](NC(=O)OCC2c3ccccc3-c3ccccc32)C1. The average molecular weight is 495 g/mol. The number of nitrogens with one attached hydrogen (secondary N) is 1. The predicted molar refractivity (Wildman–Crippen MR) is 134 cm³/mol. The molecule has 1 heterocycles. The summed E-state index contributed by atoms with van der Waals surface area (Å²) in [5, 5.41) is 12.2. The summed E-state index contributed by atoms with van der Waals surface area (Å²) in [5.74, 6) is 0.453. The van der Waals surface area contributed by atoms with Gasteiger partial charge in [-0.3, -0.25) is 9.59 Å². The number of hydrogen-bond acceptors (Lipinski definition) is 5. The lowest BCUT2D eigenvalue weighted by molar-refractivity contribution is -0.142. The molecule has 5 rings (SSSR count). The largest absolute Gasteiger partial charge is 0.481 e. The summed E-state index contributed by atoms with van der Waals surface area (Å²) in [7, 11) is 0. The maximum atomic E-state index is 13.1. The Hall–Kier alpha value is -3.00. The highest BCUT2D eigenvalue weighted by atomic mass is 32.2. The van der Waals surface area contributed by atoms with E-state index >= 15 is 0 Å². The maximum absolute atomic E-state index is 13.1. The Bertz CT molecular complexity index is 1080. The number of carbonyl (C=O) groups is 3. The molecule has 0 aromatic heterocycles. The highest BCUT2D eigenvalue weighted by Gasteiger charge is 2.37. The lowest BCUT2D eigenvalue weighted by atomic mass is 9.98. The van der Waals surface area contributed by atoms with Gasteiger partial charge in [-0.1, -0.05) is 48.5 Å². The van der Waals surface area contributed by atoms with E-state index in [2.05, 4.69) is 29.6 Å². The Morgan fingerprint density at radius 3 is 2.40 bits per heavy atom. The summed E-state index contributed by atoms with van der Waals surface area (Å²) in [6.45, 7) is 0.847. The first-order valence-corrected chi connectivity index (χ1v) is 13.4. The van der Waals surface area contributed by atoms with E-state index in [4.69, 9.17) is 4.74 Å². The number of carbonyl (C=O) groups excluding carboxylic acids is 2. The molecule has 3 aliphatic rings. The van der Waals surface area contributed by atoms with E-state index in [-0.39, 0.29) is 42.9 Å². The third-order valence-corrected chi connectivity index (χ3v) is 8.46. The summed E-state index contributed by atoms with van der Waals surface area (Å²) >= 11 is 1.69. The van der Waals surface area contributed by atoms with Crippen molar-refractivity contribution >= 4 is 29.7 Å². The van der Waals surface area contributed by atoms with Gasteiger partial charge in [0.25, 0.3) is 0 Å². The van der Waals surface area contributed by atoms with E-state index in [0.29, 0.717) is 31.6 Å². The van der Waals surface area contributed by atoms with Crippen molar-refractivity contribution < 1.29 is 24.2 Å². The van der Waals surface area contributed by atoms with Crippen molar-refractivity contribution in [3.8, 4) is 11.1 Å². The fraction of sp³-hybridized carbons (Fsp3) is 0.444. The Morgan fingerprint density at radius 2 is 1.71 bits per heavy atom. The molecule has 2 aromatic carbocycles. The molecule has 2 amide bonds. The predicted octanol–water partition coefficient (Wildman–Crippen LogP) is 4.11. The van der Waals surface area contributed by atoms with Gasteiger partial charge in [-0.05, 0) is 41.5 Å². The number of carboxylic acids is 1. The highest BCUT2D eigenvalue weighted by molar-refractivity contribution is 7.99. The summed E-state index contributed by atoms with van der Waals surface area (Å²) < 4.78 is 5.66. The number of carboxylic acid groups (broad SMARTS) is 1. The molecule has 0 radical (unpaired) electrons. The topological polar surface area (TPSA) is 95.9 Å². The second-order valence-corrected chi connectivity index (χ2v) is 10.7. The van der Waals surface area contributed by atoms with Crippen LogP contribution >= 0.6 is 11.8 Å². The molecule has 1 aliphatic heterocycles. The fourth-order valence-electron chi connectivity index (χ4n) is 5.69. The first-order valence-electron chi connectivity index (χ1n) is 12.2. The minimum Gasteiger partial charge on any atom is -0.481 e. The van der Waals surface area contributed by atoms with Crippen LogP contribution in [0.1, 0.15) is 42.7 Å². The zero-order chi connectivity index (χ0) is 24.4. The van der Waals surface area contributed by atoms with Crippen molar-refractivity contribution in [2.45, 2.75) is 43.7 Å². The quantitative estimate of drug-likeness (QED) is 0.628. The standard InChI is InChI=1S/C27H30N2O5S/c30-25(31)14-19-16-35-12-11-29(19)26(32)17-9-10-18(13-17)28-27(33)34-15-24-22-7-3-1-5-20(22)21-6-2-4-8-23(21)24/h1-8,17-19,24H,9-16H2,(H,28,33)(H,30,31)/t17-,18+,19?/m0/s1. The molecule has 1 unspecified atom stereocenters. The van der Waals surface area contributed by atoms with Crippen LogP contribution in [0, 0.1) is 5.92 Å². The normalized spacial score (nSPS) is 23.4. The van der Waals surface area contributed by atoms with Gasteiger partial charge in [-0.15, -0.1) is 0 Å². The number of amides is 2. The van der Waals surface area contributed by atoms with Gasteiger partial charge < -0.3 is 20.1 Å². The molecule has 2 fully saturated rings. The highest BCUT2D eigenvalue weighted by Crippen LogP contribution is 2.44. The average Bonchev–Trinajstić information content (AvgIpc) is 3.45. The van der Waals surface area contributed by atoms with E-state index < -0.39 is 12.1 Å². The Kier molecular flexibility index (Phi) is 7.00. The number of hydrogen-bond donors (Lipinski definition) is 2. The van der Waals surface area contributed by atoms with Gasteiger partial charge in [0.05, 0.1) is 12.5 Å². The van der Waals surface area contributed by atoms with Crippen LogP contribution in [0.5, 0.6) is 0 Å². The third kappa shape index (κ3) is 5.03. The number of benzene rings is 2. The molecule has 2 aromatic rings.